The maximum Gasteiger partial charge on any atom is 0.338 e. The van der Waals surface area contributed by atoms with Gasteiger partial charge in [-0.05, 0) is 95.6 Å². The van der Waals surface area contributed by atoms with Gasteiger partial charge >= 0.3 is 5.97 Å². The zero-order chi connectivity index (χ0) is 27.7. The molecule has 1 saturated heterocycles. The molecule has 0 spiro atoms. The number of ether oxygens (including phenoxy) is 1. The summed E-state index contributed by atoms with van der Waals surface area (Å²) >= 11 is 9.42. The molecule has 1 saturated carbocycles. The standard InChI is InChI=1S/C30H26BrClN2O5/c1-17-13-24(31)25(32)15-26(17)33-27(35)16-39-30(38)19-7-10-21(11-8-19)34-28(36)22-12-9-20(14-23(22)29(34)37)18-5-3-2-4-6-18/h2-8,10-11,13,15,20,22-23H,9,12,14,16H2,1H3,(H,33,35)/t20-,22+,23+/m0/s1. The molecular weight excluding hydrogens is 584 g/mol. The molecule has 0 aromatic heterocycles. The van der Waals surface area contributed by atoms with Crippen molar-refractivity contribution in [2.45, 2.75) is 32.1 Å². The average Bonchev–Trinajstić information content (AvgIpc) is 3.19. The van der Waals surface area contributed by atoms with E-state index in [-0.39, 0.29) is 35.1 Å². The molecule has 3 amide bonds. The summed E-state index contributed by atoms with van der Waals surface area (Å²) in [6.45, 7) is 1.33. The van der Waals surface area contributed by atoms with Gasteiger partial charge < -0.3 is 10.1 Å². The largest absolute Gasteiger partial charge is 0.452 e. The summed E-state index contributed by atoms with van der Waals surface area (Å²) in [5.74, 6) is -1.99. The van der Waals surface area contributed by atoms with Crippen LogP contribution in [0, 0.1) is 18.8 Å². The first-order valence-corrected chi connectivity index (χ1v) is 13.9. The van der Waals surface area contributed by atoms with Crippen LogP contribution in [0.1, 0.15) is 46.7 Å². The van der Waals surface area contributed by atoms with Crippen molar-refractivity contribution < 1.29 is 23.9 Å². The van der Waals surface area contributed by atoms with Gasteiger partial charge in [0.2, 0.25) is 11.8 Å². The number of amides is 3. The van der Waals surface area contributed by atoms with Crippen LogP contribution in [0.2, 0.25) is 5.02 Å². The number of carbonyl (C=O) groups is 4. The minimum absolute atomic E-state index is 0.188. The van der Waals surface area contributed by atoms with Crippen molar-refractivity contribution in [2.24, 2.45) is 11.8 Å². The number of esters is 1. The van der Waals surface area contributed by atoms with Crippen molar-refractivity contribution in [3.63, 3.8) is 0 Å². The van der Waals surface area contributed by atoms with Crippen molar-refractivity contribution in [3.8, 4) is 0 Å². The predicted octanol–water partition coefficient (Wildman–Crippen LogP) is 6.28. The van der Waals surface area contributed by atoms with E-state index in [2.05, 4.69) is 33.4 Å². The average molecular weight is 610 g/mol. The van der Waals surface area contributed by atoms with Crippen LogP contribution in [0.25, 0.3) is 0 Å². The van der Waals surface area contributed by atoms with Crippen LogP contribution < -0.4 is 10.2 Å². The SMILES string of the molecule is Cc1cc(Br)c(Cl)cc1NC(=O)COC(=O)c1ccc(N2C(=O)[C@@H]3CC[C@H](c4ccccc4)C[C@H]3C2=O)cc1. The molecule has 0 radical (unpaired) electrons. The van der Waals surface area contributed by atoms with E-state index in [0.29, 0.717) is 33.7 Å². The predicted molar refractivity (Wildman–Crippen MR) is 152 cm³/mol. The number of halogens is 2. The Morgan fingerprint density at radius 3 is 2.41 bits per heavy atom. The van der Waals surface area contributed by atoms with Gasteiger partial charge in [0.15, 0.2) is 6.61 Å². The highest BCUT2D eigenvalue weighted by molar-refractivity contribution is 9.10. The lowest BCUT2D eigenvalue weighted by Gasteiger charge is -2.28. The monoisotopic (exact) mass is 608 g/mol. The Bertz CT molecular complexity index is 1440. The molecule has 1 aliphatic carbocycles. The molecular formula is C30H26BrClN2O5. The van der Waals surface area contributed by atoms with E-state index < -0.39 is 18.5 Å². The number of imide groups is 1. The van der Waals surface area contributed by atoms with Crippen LogP contribution in [-0.4, -0.2) is 30.3 Å². The first kappa shape index (κ1) is 27.1. The highest BCUT2D eigenvalue weighted by atomic mass is 79.9. The topological polar surface area (TPSA) is 92.8 Å². The van der Waals surface area contributed by atoms with E-state index in [1.807, 2.05) is 25.1 Å². The molecule has 200 valence electrons. The number of aryl methyl sites for hydroxylation is 1. The summed E-state index contributed by atoms with van der Waals surface area (Å²) in [7, 11) is 0. The number of benzene rings is 3. The second-order valence-corrected chi connectivity index (χ2v) is 11.2. The molecule has 7 nitrogen and oxygen atoms in total. The van der Waals surface area contributed by atoms with E-state index >= 15 is 0 Å². The molecule has 1 heterocycles. The maximum atomic E-state index is 13.3. The summed E-state index contributed by atoms with van der Waals surface area (Å²) in [6.07, 6.45) is 2.18. The van der Waals surface area contributed by atoms with Gasteiger partial charge in [-0.2, -0.15) is 0 Å². The lowest BCUT2D eigenvalue weighted by Crippen LogP contribution is -2.30. The normalized spacial score (nSPS) is 20.5. The molecule has 1 aliphatic heterocycles. The molecule has 2 aliphatic rings. The number of anilines is 2. The Labute approximate surface area is 239 Å². The van der Waals surface area contributed by atoms with Crippen molar-refractivity contribution in [1.82, 2.24) is 0 Å². The van der Waals surface area contributed by atoms with Crippen molar-refractivity contribution in [1.29, 1.82) is 0 Å². The zero-order valence-electron chi connectivity index (χ0n) is 21.2. The number of hydrogen-bond acceptors (Lipinski definition) is 5. The Balaban J connectivity index is 1.20. The van der Waals surface area contributed by atoms with Crippen LogP contribution in [-0.2, 0) is 19.1 Å². The van der Waals surface area contributed by atoms with Gasteiger partial charge in [0.05, 0.1) is 28.1 Å². The highest BCUT2D eigenvalue weighted by Gasteiger charge is 2.50. The van der Waals surface area contributed by atoms with Crippen LogP contribution in [0.5, 0.6) is 0 Å². The first-order valence-electron chi connectivity index (χ1n) is 12.7. The van der Waals surface area contributed by atoms with Crippen molar-refractivity contribution in [3.05, 3.63) is 92.9 Å². The van der Waals surface area contributed by atoms with Crippen LogP contribution >= 0.6 is 27.5 Å². The van der Waals surface area contributed by atoms with E-state index in [0.717, 1.165) is 12.0 Å². The molecule has 3 aromatic carbocycles. The third kappa shape index (κ3) is 5.63. The first-order chi connectivity index (χ1) is 18.7. The fraction of sp³-hybridized carbons (Fsp3) is 0.267. The minimum Gasteiger partial charge on any atom is -0.452 e. The van der Waals surface area contributed by atoms with Crippen LogP contribution in [0.3, 0.4) is 0 Å². The molecule has 2 fully saturated rings. The molecule has 1 N–H and O–H groups in total. The van der Waals surface area contributed by atoms with Gasteiger partial charge in [-0.25, -0.2) is 4.79 Å². The van der Waals surface area contributed by atoms with Gasteiger partial charge in [0, 0.05) is 10.2 Å². The van der Waals surface area contributed by atoms with Gasteiger partial charge in [0.1, 0.15) is 0 Å². The van der Waals surface area contributed by atoms with Crippen LogP contribution in [0.4, 0.5) is 11.4 Å². The third-order valence-electron chi connectivity index (χ3n) is 7.43. The van der Waals surface area contributed by atoms with Gasteiger partial charge in [0.25, 0.3) is 5.91 Å². The fourth-order valence-corrected chi connectivity index (χ4v) is 6.01. The number of hydrogen-bond donors (Lipinski definition) is 1. The molecule has 0 unspecified atom stereocenters. The van der Waals surface area contributed by atoms with E-state index in [9.17, 15) is 19.2 Å². The Hall–Kier alpha value is -3.49. The Morgan fingerprint density at radius 1 is 1.00 bits per heavy atom. The number of fused-ring (bicyclic) bond motifs is 1. The molecule has 3 atom stereocenters. The second kappa shape index (κ2) is 11.3. The maximum absolute atomic E-state index is 13.3. The Morgan fingerprint density at radius 2 is 1.69 bits per heavy atom. The Kier molecular flexibility index (Phi) is 7.86. The lowest BCUT2D eigenvalue weighted by atomic mass is 9.73. The summed E-state index contributed by atoms with van der Waals surface area (Å²) in [4.78, 5) is 52.5. The summed E-state index contributed by atoms with van der Waals surface area (Å²) in [6, 6.07) is 19.6. The van der Waals surface area contributed by atoms with Crippen molar-refractivity contribution in [2.75, 3.05) is 16.8 Å². The fourth-order valence-electron chi connectivity index (χ4n) is 5.39. The van der Waals surface area contributed by atoms with Gasteiger partial charge in [-0.1, -0.05) is 41.9 Å². The number of nitrogens with zero attached hydrogens (tertiary/aromatic N) is 1. The van der Waals surface area contributed by atoms with Crippen LogP contribution in [0.15, 0.2) is 71.2 Å². The minimum atomic E-state index is -0.694. The number of rotatable bonds is 6. The third-order valence-corrected chi connectivity index (χ3v) is 8.63. The molecule has 5 rings (SSSR count). The molecule has 39 heavy (non-hydrogen) atoms. The van der Waals surface area contributed by atoms with E-state index in [1.165, 1.54) is 22.6 Å². The number of carbonyl (C=O) groups excluding carboxylic acids is 4. The lowest BCUT2D eigenvalue weighted by molar-refractivity contribution is -0.122. The van der Waals surface area contributed by atoms with Crippen molar-refractivity contribution >= 4 is 62.6 Å². The molecule has 9 heteroatoms. The molecule has 0 bridgehead atoms. The quantitative estimate of drug-likeness (QED) is 0.262. The number of nitrogens with one attached hydrogen (secondary N) is 1. The smallest absolute Gasteiger partial charge is 0.338 e. The summed E-state index contributed by atoms with van der Waals surface area (Å²) in [5, 5.41) is 3.12. The van der Waals surface area contributed by atoms with E-state index in [1.54, 1.807) is 24.3 Å². The molecule has 3 aromatic rings. The van der Waals surface area contributed by atoms with Gasteiger partial charge in [-0.3, -0.25) is 19.3 Å². The second-order valence-electron chi connectivity index (χ2n) is 9.90. The highest BCUT2D eigenvalue weighted by Crippen LogP contribution is 2.45. The van der Waals surface area contributed by atoms with Gasteiger partial charge in [-0.15, -0.1) is 0 Å². The zero-order valence-corrected chi connectivity index (χ0v) is 23.5. The summed E-state index contributed by atoms with van der Waals surface area (Å²) < 4.78 is 5.86. The van der Waals surface area contributed by atoms with E-state index in [4.69, 9.17) is 16.3 Å². The summed E-state index contributed by atoms with van der Waals surface area (Å²) in [5.41, 5.74) is 3.14.